The maximum absolute atomic E-state index is 13.4. The van der Waals surface area contributed by atoms with Crippen LogP contribution in [-0.4, -0.2) is 45.5 Å². The number of carbonyl (C=O) groups is 1. The van der Waals surface area contributed by atoms with Gasteiger partial charge in [-0.2, -0.15) is 5.10 Å². The van der Waals surface area contributed by atoms with E-state index in [-0.39, 0.29) is 16.8 Å². The first-order valence-electron chi connectivity index (χ1n) is 10.3. The van der Waals surface area contributed by atoms with Crippen LogP contribution in [0.3, 0.4) is 0 Å². The van der Waals surface area contributed by atoms with Crippen molar-refractivity contribution in [2.45, 2.75) is 17.4 Å². The van der Waals surface area contributed by atoms with Crippen LogP contribution in [0.4, 0.5) is 0 Å². The van der Waals surface area contributed by atoms with Gasteiger partial charge in [0.15, 0.2) is 9.84 Å². The fourth-order valence-corrected chi connectivity index (χ4v) is 4.35. The van der Waals surface area contributed by atoms with Gasteiger partial charge >= 0.3 is 0 Å². The molecular formula is C25H24N2O5S. The Hall–Kier alpha value is -3.65. The highest BCUT2D eigenvalue weighted by Crippen LogP contribution is 2.35. The molecule has 0 saturated heterocycles. The number of hydrogen-bond donors (Lipinski definition) is 0. The number of benzene rings is 3. The Morgan fingerprint density at radius 2 is 1.42 bits per heavy atom. The van der Waals surface area contributed by atoms with Crippen LogP contribution < -0.4 is 9.47 Å². The van der Waals surface area contributed by atoms with E-state index in [9.17, 15) is 13.2 Å². The molecule has 8 heteroatoms. The number of carbonyl (C=O) groups excluding carboxylic acids is 1. The standard InChI is InChI=1S/C25H24N2O5S/c1-31-20-10-4-17(5-11-20)23-16-24(18-6-12-21(32-2)13-7-18)27(26-23)25(28)19-8-14-22(15-9-19)33(3,29)30/h4-15,24H,16H2,1-3H3. The van der Waals surface area contributed by atoms with E-state index in [4.69, 9.17) is 9.47 Å². The van der Waals surface area contributed by atoms with Crippen molar-refractivity contribution in [2.24, 2.45) is 5.10 Å². The number of hydrazone groups is 1. The summed E-state index contributed by atoms with van der Waals surface area (Å²) in [6.45, 7) is 0. The van der Waals surface area contributed by atoms with Crippen LogP contribution in [-0.2, 0) is 9.84 Å². The lowest BCUT2D eigenvalue weighted by Crippen LogP contribution is -2.27. The highest BCUT2D eigenvalue weighted by molar-refractivity contribution is 7.90. The molecule has 0 bridgehead atoms. The normalized spacial score (nSPS) is 15.8. The van der Waals surface area contributed by atoms with Crippen molar-refractivity contribution in [3.05, 3.63) is 89.5 Å². The zero-order valence-electron chi connectivity index (χ0n) is 18.6. The average Bonchev–Trinajstić information content (AvgIpc) is 3.28. The third kappa shape index (κ3) is 4.75. The smallest absolute Gasteiger partial charge is 0.274 e. The third-order valence-electron chi connectivity index (χ3n) is 5.57. The van der Waals surface area contributed by atoms with Gasteiger partial charge in [0.2, 0.25) is 0 Å². The first-order chi connectivity index (χ1) is 15.8. The quantitative estimate of drug-likeness (QED) is 0.548. The number of methoxy groups -OCH3 is 2. The van der Waals surface area contributed by atoms with Crippen molar-refractivity contribution in [1.82, 2.24) is 5.01 Å². The second kappa shape index (κ2) is 9.07. The van der Waals surface area contributed by atoms with Gasteiger partial charge in [0, 0.05) is 18.2 Å². The molecule has 1 amide bonds. The van der Waals surface area contributed by atoms with E-state index in [1.807, 2.05) is 48.5 Å². The van der Waals surface area contributed by atoms with E-state index in [2.05, 4.69) is 5.10 Å². The van der Waals surface area contributed by atoms with Crippen molar-refractivity contribution < 1.29 is 22.7 Å². The van der Waals surface area contributed by atoms with Crippen LogP contribution >= 0.6 is 0 Å². The Bertz CT molecular complexity index is 1280. The molecule has 0 aromatic heterocycles. The summed E-state index contributed by atoms with van der Waals surface area (Å²) < 4.78 is 34.0. The number of sulfone groups is 1. The van der Waals surface area contributed by atoms with Gasteiger partial charge in [0.1, 0.15) is 11.5 Å². The Morgan fingerprint density at radius 3 is 1.94 bits per heavy atom. The van der Waals surface area contributed by atoms with E-state index >= 15 is 0 Å². The summed E-state index contributed by atoms with van der Waals surface area (Å²) in [5.41, 5.74) is 2.96. The fourth-order valence-electron chi connectivity index (χ4n) is 3.72. The molecule has 0 fully saturated rings. The minimum atomic E-state index is -3.35. The van der Waals surface area contributed by atoms with E-state index in [1.54, 1.807) is 14.2 Å². The van der Waals surface area contributed by atoms with E-state index in [0.717, 1.165) is 34.6 Å². The first-order valence-corrected chi connectivity index (χ1v) is 12.2. The van der Waals surface area contributed by atoms with Crippen LogP contribution in [0.1, 0.15) is 33.9 Å². The molecule has 0 radical (unpaired) electrons. The van der Waals surface area contributed by atoms with Gasteiger partial charge in [-0.05, 0) is 71.8 Å². The van der Waals surface area contributed by atoms with Crippen molar-refractivity contribution in [1.29, 1.82) is 0 Å². The minimum Gasteiger partial charge on any atom is -0.497 e. The van der Waals surface area contributed by atoms with Gasteiger partial charge in [-0.15, -0.1) is 0 Å². The molecule has 3 aromatic carbocycles. The molecule has 3 aromatic rings. The molecule has 4 rings (SSSR count). The van der Waals surface area contributed by atoms with Crippen LogP contribution in [0.2, 0.25) is 0 Å². The lowest BCUT2D eigenvalue weighted by atomic mass is 9.98. The lowest BCUT2D eigenvalue weighted by Gasteiger charge is -2.22. The zero-order valence-corrected chi connectivity index (χ0v) is 19.4. The summed E-state index contributed by atoms with van der Waals surface area (Å²) in [6.07, 6.45) is 1.67. The number of nitrogens with zero attached hydrogens (tertiary/aromatic N) is 2. The SMILES string of the molecule is COc1ccc(C2=NN(C(=O)c3ccc(S(C)(=O)=O)cc3)C(c3ccc(OC)cc3)C2)cc1. The van der Waals surface area contributed by atoms with E-state index in [1.165, 1.54) is 29.3 Å². The second-order valence-corrected chi connectivity index (χ2v) is 9.73. The number of amides is 1. The topological polar surface area (TPSA) is 85.3 Å². The maximum Gasteiger partial charge on any atom is 0.274 e. The Kier molecular flexibility index (Phi) is 6.20. The summed E-state index contributed by atoms with van der Waals surface area (Å²) >= 11 is 0. The van der Waals surface area contributed by atoms with Crippen LogP contribution in [0.25, 0.3) is 0 Å². The lowest BCUT2D eigenvalue weighted by molar-refractivity contribution is 0.0711. The molecule has 1 aliphatic rings. The van der Waals surface area contributed by atoms with Crippen LogP contribution in [0.15, 0.2) is 82.8 Å². The maximum atomic E-state index is 13.4. The predicted octanol–water partition coefficient (Wildman–Crippen LogP) is 4.10. The molecule has 0 saturated carbocycles. The van der Waals surface area contributed by atoms with Gasteiger partial charge in [-0.3, -0.25) is 4.79 Å². The number of rotatable bonds is 6. The molecule has 33 heavy (non-hydrogen) atoms. The van der Waals surface area contributed by atoms with Crippen molar-refractivity contribution in [3.63, 3.8) is 0 Å². The molecule has 0 N–H and O–H groups in total. The molecule has 1 unspecified atom stereocenters. The summed E-state index contributed by atoms with van der Waals surface area (Å²) in [4.78, 5) is 13.6. The Balaban J connectivity index is 1.70. The van der Waals surface area contributed by atoms with Crippen molar-refractivity contribution in [2.75, 3.05) is 20.5 Å². The Labute approximate surface area is 193 Å². The predicted molar refractivity (Wildman–Crippen MR) is 126 cm³/mol. The van der Waals surface area contributed by atoms with E-state index in [0.29, 0.717) is 12.0 Å². The van der Waals surface area contributed by atoms with Gasteiger partial charge in [0.25, 0.3) is 5.91 Å². The largest absolute Gasteiger partial charge is 0.497 e. The van der Waals surface area contributed by atoms with Gasteiger partial charge < -0.3 is 9.47 Å². The third-order valence-corrected chi connectivity index (χ3v) is 6.70. The van der Waals surface area contributed by atoms with Gasteiger partial charge in [-0.1, -0.05) is 12.1 Å². The Morgan fingerprint density at radius 1 is 0.879 bits per heavy atom. The number of ether oxygens (including phenoxy) is 2. The highest BCUT2D eigenvalue weighted by Gasteiger charge is 2.33. The first kappa shape index (κ1) is 22.5. The monoisotopic (exact) mass is 464 g/mol. The van der Waals surface area contributed by atoms with Crippen LogP contribution in [0.5, 0.6) is 11.5 Å². The number of hydrogen-bond acceptors (Lipinski definition) is 6. The molecule has 0 spiro atoms. The summed E-state index contributed by atoms with van der Waals surface area (Å²) in [6, 6.07) is 20.7. The molecule has 7 nitrogen and oxygen atoms in total. The van der Waals surface area contributed by atoms with Crippen molar-refractivity contribution >= 4 is 21.5 Å². The van der Waals surface area contributed by atoms with Gasteiger partial charge in [-0.25, -0.2) is 13.4 Å². The molecule has 0 aliphatic carbocycles. The van der Waals surface area contributed by atoms with Crippen LogP contribution in [0, 0.1) is 0 Å². The van der Waals surface area contributed by atoms with E-state index < -0.39 is 9.84 Å². The van der Waals surface area contributed by atoms with Crippen molar-refractivity contribution in [3.8, 4) is 11.5 Å². The summed E-state index contributed by atoms with van der Waals surface area (Å²) in [7, 11) is -0.139. The highest BCUT2D eigenvalue weighted by atomic mass is 32.2. The molecule has 1 aliphatic heterocycles. The average molecular weight is 465 g/mol. The molecule has 1 heterocycles. The second-order valence-electron chi connectivity index (χ2n) is 7.71. The molecular weight excluding hydrogens is 440 g/mol. The van der Waals surface area contributed by atoms with Gasteiger partial charge in [0.05, 0.1) is 30.9 Å². The fraction of sp³-hybridized carbons (Fsp3) is 0.200. The molecule has 1 atom stereocenters. The minimum absolute atomic E-state index is 0.162. The molecule has 170 valence electrons. The summed E-state index contributed by atoms with van der Waals surface area (Å²) in [5, 5.41) is 6.14. The summed E-state index contributed by atoms with van der Waals surface area (Å²) in [5.74, 6) is 1.16. The zero-order chi connectivity index (χ0) is 23.6.